The molecule has 3 N–H and O–H groups in total. The summed E-state index contributed by atoms with van der Waals surface area (Å²) in [5, 5.41) is 9.35. The zero-order valence-electron chi connectivity index (χ0n) is 16.6. The smallest absolute Gasteiger partial charge is 0.406 e. The lowest BCUT2D eigenvalue weighted by Crippen LogP contribution is -2.45. The maximum atomic E-state index is 12.8. The third-order valence-electron chi connectivity index (χ3n) is 5.83. The first-order valence-electron chi connectivity index (χ1n) is 9.75. The second-order valence-corrected chi connectivity index (χ2v) is 10.3. The predicted octanol–water partition coefficient (Wildman–Crippen LogP) is 3.72. The number of nitrogens with two attached hydrogens (primary N) is 1. The number of nitrogens with one attached hydrogen (secondary N) is 1. The molecule has 0 radical (unpaired) electrons. The maximum Gasteiger partial charge on any atom is 0.573 e. The van der Waals surface area contributed by atoms with E-state index in [1.54, 1.807) is 18.2 Å². The highest BCUT2D eigenvalue weighted by atomic mass is 35.5. The summed E-state index contributed by atoms with van der Waals surface area (Å²) in [6, 6.07) is 8.45. The molecule has 2 heterocycles. The van der Waals surface area contributed by atoms with E-state index in [2.05, 4.69) is 15.0 Å². The lowest BCUT2D eigenvalue weighted by atomic mass is 9.90. The number of nitrogens with zero attached hydrogens (tertiary/aromatic N) is 1. The van der Waals surface area contributed by atoms with Crippen molar-refractivity contribution in [1.29, 1.82) is 0 Å². The summed E-state index contributed by atoms with van der Waals surface area (Å²) in [6.45, 7) is 1.89. The first kappa shape index (κ1) is 23.6. The highest BCUT2D eigenvalue weighted by molar-refractivity contribution is 7.89. The van der Waals surface area contributed by atoms with Gasteiger partial charge in [0.2, 0.25) is 10.0 Å². The molecule has 0 spiro atoms. The first-order chi connectivity index (χ1) is 14.9. The molecule has 2 aliphatic rings. The van der Waals surface area contributed by atoms with Crippen LogP contribution in [0, 0.1) is 0 Å². The van der Waals surface area contributed by atoms with Crippen molar-refractivity contribution in [2.24, 2.45) is 5.14 Å². The SMILES string of the molecule is NS(=O)(=O)c1ccc(OC(F)(F)F)cc1[C@@H](CN1C[C@H]2C[C@@H]1CN2)c1ccc(Cl)c(Cl)c1. The number of fused-ring (bicyclic) bond motifs is 2. The minimum atomic E-state index is -4.93. The molecular weight excluding hydrogens is 490 g/mol. The van der Waals surface area contributed by atoms with Gasteiger partial charge in [0.15, 0.2) is 0 Å². The molecule has 6 nitrogen and oxygen atoms in total. The Morgan fingerprint density at radius 2 is 1.94 bits per heavy atom. The number of benzene rings is 2. The number of hydrogen-bond acceptors (Lipinski definition) is 5. The second kappa shape index (κ2) is 8.66. The summed E-state index contributed by atoms with van der Waals surface area (Å²) in [7, 11) is -4.24. The van der Waals surface area contributed by atoms with Gasteiger partial charge in [-0.3, -0.25) is 4.90 Å². The van der Waals surface area contributed by atoms with Gasteiger partial charge in [-0.2, -0.15) is 0 Å². The van der Waals surface area contributed by atoms with Crippen LogP contribution < -0.4 is 15.2 Å². The number of halogens is 5. The predicted molar refractivity (Wildman–Crippen MR) is 115 cm³/mol. The van der Waals surface area contributed by atoms with Gasteiger partial charge in [-0.15, -0.1) is 13.2 Å². The molecule has 0 aromatic heterocycles. The van der Waals surface area contributed by atoms with Gasteiger partial charge in [0.25, 0.3) is 0 Å². The van der Waals surface area contributed by atoms with Crippen LogP contribution >= 0.6 is 23.2 Å². The highest BCUT2D eigenvalue weighted by Gasteiger charge is 2.39. The lowest BCUT2D eigenvalue weighted by Gasteiger charge is -2.32. The van der Waals surface area contributed by atoms with E-state index in [0.29, 0.717) is 23.2 Å². The van der Waals surface area contributed by atoms with Crippen LogP contribution in [0.25, 0.3) is 0 Å². The molecule has 0 amide bonds. The number of sulfonamides is 1. The van der Waals surface area contributed by atoms with Crippen molar-refractivity contribution >= 4 is 33.2 Å². The van der Waals surface area contributed by atoms with Crippen molar-refractivity contribution in [3.8, 4) is 5.75 Å². The van der Waals surface area contributed by atoms with Gasteiger partial charge in [0, 0.05) is 37.6 Å². The molecule has 0 unspecified atom stereocenters. The van der Waals surface area contributed by atoms with E-state index in [9.17, 15) is 21.6 Å². The van der Waals surface area contributed by atoms with Gasteiger partial charge in [-0.1, -0.05) is 29.3 Å². The normalized spacial score (nSPS) is 22.3. The Kier molecular flexibility index (Phi) is 6.38. The van der Waals surface area contributed by atoms with Crippen LogP contribution in [0.1, 0.15) is 23.5 Å². The molecule has 32 heavy (non-hydrogen) atoms. The average Bonchev–Trinajstić information content (AvgIpc) is 3.29. The molecule has 0 aliphatic carbocycles. The van der Waals surface area contributed by atoms with Crippen molar-refractivity contribution in [3.05, 3.63) is 57.6 Å². The minimum Gasteiger partial charge on any atom is -0.406 e. The quantitative estimate of drug-likeness (QED) is 0.619. The van der Waals surface area contributed by atoms with Crippen molar-refractivity contribution in [1.82, 2.24) is 10.2 Å². The number of piperazine rings is 1. The molecule has 2 aromatic rings. The maximum absolute atomic E-state index is 12.8. The zero-order chi connectivity index (χ0) is 23.3. The summed E-state index contributed by atoms with van der Waals surface area (Å²) in [6.07, 6.45) is -3.98. The Hall–Kier alpha value is -1.56. The van der Waals surface area contributed by atoms with Crippen LogP contribution in [0.4, 0.5) is 13.2 Å². The Morgan fingerprint density at radius 1 is 1.19 bits per heavy atom. The molecular formula is C20H20Cl2F3N3O3S. The van der Waals surface area contributed by atoms with Crippen molar-refractivity contribution in [2.75, 3.05) is 19.6 Å². The van der Waals surface area contributed by atoms with Gasteiger partial charge in [0.05, 0.1) is 14.9 Å². The van der Waals surface area contributed by atoms with E-state index in [1.165, 1.54) is 0 Å². The van der Waals surface area contributed by atoms with E-state index >= 15 is 0 Å². The van der Waals surface area contributed by atoms with Crippen LogP contribution in [0.2, 0.25) is 10.0 Å². The third-order valence-corrected chi connectivity index (χ3v) is 7.55. The molecule has 2 fully saturated rings. The average molecular weight is 510 g/mol. The Balaban J connectivity index is 1.83. The summed E-state index contributed by atoms with van der Waals surface area (Å²) in [4.78, 5) is 1.92. The van der Waals surface area contributed by atoms with Gasteiger partial charge in [-0.05, 0) is 47.9 Å². The van der Waals surface area contributed by atoms with Crippen LogP contribution in [0.3, 0.4) is 0 Å². The van der Waals surface area contributed by atoms with Gasteiger partial charge < -0.3 is 10.1 Å². The number of alkyl halides is 3. The van der Waals surface area contributed by atoms with Crippen LogP contribution in [0.5, 0.6) is 5.75 Å². The molecule has 12 heteroatoms. The van der Waals surface area contributed by atoms with Crippen molar-refractivity contribution in [2.45, 2.75) is 35.7 Å². The Bertz CT molecular complexity index is 1130. The van der Waals surface area contributed by atoms with E-state index in [-0.39, 0.29) is 21.5 Å². The molecule has 174 valence electrons. The summed E-state index contributed by atoms with van der Waals surface area (Å²) in [5.41, 5.74) is 0.701. The first-order valence-corrected chi connectivity index (χ1v) is 12.1. The zero-order valence-corrected chi connectivity index (χ0v) is 18.9. The van der Waals surface area contributed by atoms with E-state index in [0.717, 1.165) is 37.7 Å². The summed E-state index contributed by atoms with van der Waals surface area (Å²) >= 11 is 12.2. The molecule has 0 saturated carbocycles. The fraction of sp³-hybridized carbons (Fsp3) is 0.400. The molecule has 2 aliphatic heterocycles. The van der Waals surface area contributed by atoms with Gasteiger partial charge in [-0.25, -0.2) is 13.6 Å². The van der Waals surface area contributed by atoms with Gasteiger partial charge in [0.1, 0.15) is 5.75 Å². The molecule has 2 saturated heterocycles. The summed E-state index contributed by atoms with van der Waals surface area (Å²) in [5.74, 6) is -1.18. The van der Waals surface area contributed by atoms with Crippen molar-refractivity contribution < 1.29 is 26.3 Å². The minimum absolute atomic E-state index is 0.100. The standard InChI is InChI=1S/C20H20Cl2F3N3O3S/c21-17-3-1-11(5-18(17)22)16(10-28-9-12-6-13(28)8-27-12)15-7-14(31-20(23,24)25)2-4-19(15)32(26,29)30/h1-5,7,12-13,16,27H,6,8-10H2,(H2,26,29,30)/t12-,13-,16+/m1/s1. The highest BCUT2D eigenvalue weighted by Crippen LogP contribution is 2.38. The van der Waals surface area contributed by atoms with Crippen molar-refractivity contribution in [3.63, 3.8) is 0 Å². The van der Waals surface area contributed by atoms with E-state index in [4.69, 9.17) is 28.3 Å². The summed E-state index contributed by atoms with van der Waals surface area (Å²) < 4.78 is 67.2. The number of rotatable bonds is 6. The van der Waals surface area contributed by atoms with E-state index in [1.807, 2.05) is 0 Å². The largest absolute Gasteiger partial charge is 0.573 e. The molecule has 4 rings (SSSR count). The molecule has 2 aromatic carbocycles. The Morgan fingerprint density at radius 3 is 2.50 bits per heavy atom. The fourth-order valence-electron chi connectivity index (χ4n) is 4.47. The topological polar surface area (TPSA) is 84.7 Å². The number of likely N-dealkylation sites (tertiary alicyclic amines) is 1. The van der Waals surface area contributed by atoms with Crippen LogP contribution in [0.15, 0.2) is 41.3 Å². The number of hydrogen-bond donors (Lipinski definition) is 2. The van der Waals surface area contributed by atoms with Crippen LogP contribution in [-0.4, -0.2) is 51.4 Å². The van der Waals surface area contributed by atoms with Gasteiger partial charge >= 0.3 is 6.36 Å². The fourth-order valence-corrected chi connectivity index (χ4v) is 5.57. The lowest BCUT2D eigenvalue weighted by molar-refractivity contribution is -0.274. The van der Waals surface area contributed by atoms with E-state index < -0.39 is 28.1 Å². The molecule has 3 atom stereocenters. The number of primary sulfonamides is 1. The molecule has 2 bridgehead atoms. The Labute approximate surface area is 193 Å². The third kappa shape index (κ3) is 5.16. The monoisotopic (exact) mass is 509 g/mol. The second-order valence-electron chi connectivity index (χ2n) is 7.97. The van der Waals surface area contributed by atoms with Crippen LogP contribution in [-0.2, 0) is 10.0 Å². The number of ether oxygens (including phenoxy) is 1.